The summed E-state index contributed by atoms with van der Waals surface area (Å²) in [6.45, 7) is 1.07. The number of esters is 1. The van der Waals surface area contributed by atoms with Gasteiger partial charge in [-0.3, -0.25) is 4.79 Å². The summed E-state index contributed by atoms with van der Waals surface area (Å²) in [7, 11) is 0. The number of aryl methyl sites for hydroxylation is 1. The topological polar surface area (TPSA) is 75.6 Å². The van der Waals surface area contributed by atoms with E-state index < -0.39 is 41.4 Å². The highest BCUT2D eigenvalue weighted by atomic mass is 35.5. The Bertz CT molecular complexity index is 788. The molecule has 0 aliphatic heterocycles. The number of amides is 1. The van der Waals surface area contributed by atoms with Crippen molar-refractivity contribution in [3.63, 3.8) is 0 Å². The van der Waals surface area contributed by atoms with Gasteiger partial charge in [0.15, 0.2) is 6.61 Å². The van der Waals surface area contributed by atoms with E-state index in [1.165, 1.54) is 6.07 Å². The van der Waals surface area contributed by atoms with E-state index >= 15 is 0 Å². The van der Waals surface area contributed by atoms with Gasteiger partial charge in [0.05, 0.1) is 0 Å². The molecule has 0 saturated heterocycles. The quantitative estimate of drug-likeness (QED) is 0.824. The number of rotatable bonds is 4. The molecule has 2 N–H and O–H groups in total. The van der Waals surface area contributed by atoms with Crippen LogP contribution < -0.4 is 5.32 Å². The van der Waals surface area contributed by atoms with Crippen molar-refractivity contribution < 1.29 is 28.2 Å². The molecular weight excluding hydrogens is 344 g/mol. The molecule has 0 atom stereocenters. The lowest BCUT2D eigenvalue weighted by Crippen LogP contribution is -2.21. The second-order valence-corrected chi connectivity index (χ2v) is 5.28. The van der Waals surface area contributed by atoms with E-state index in [0.717, 1.165) is 5.56 Å². The minimum atomic E-state index is -1.29. The Morgan fingerprint density at radius 3 is 2.58 bits per heavy atom. The number of phenolic OH excluding ortho intramolecular Hbond substituents is 1. The van der Waals surface area contributed by atoms with Crippen molar-refractivity contribution in [3.8, 4) is 5.75 Å². The van der Waals surface area contributed by atoms with E-state index in [9.17, 15) is 23.5 Å². The van der Waals surface area contributed by atoms with Crippen molar-refractivity contribution in [1.82, 2.24) is 0 Å². The fourth-order valence-corrected chi connectivity index (χ4v) is 2.01. The standard InChI is InChI=1S/C16H12ClF2NO4/c1-8-2-3-10(6-11(8)17)20-14(22)7-24-16(23)15-12(19)4-9(18)5-13(15)21/h2-6,21H,7H2,1H3,(H,20,22). The van der Waals surface area contributed by atoms with Gasteiger partial charge in [0.2, 0.25) is 0 Å². The fourth-order valence-electron chi connectivity index (χ4n) is 1.83. The van der Waals surface area contributed by atoms with Crippen molar-refractivity contribution in [1.29, 1.82) is 0 Å². The fraction of sp³-hybridized carbons (Fsp3) is 0.125. The van der Waals surface area contributed by atoms with Gasteiger partial charge in [0.1, 0.15) is 22.9 Å². The summed E-state index contributed by atoms with van der Waals surface area (Å²) in [6.07, 6.45) is 0. The molecule has 0 radical (unpaired) electrons. The van der Waals surface area contributed by atoms with E-state index in [1.807, 2.05) is 0 Å². The third-order valence-electron chi connectivity index (χ3n) is 3.03. The number of aromatic hydroxyl groups is 1. The molecule has 2 rings (SSSR count). The summed E-state index contributed by atoms with van der Waals surface area (Å²) in [5.41, 5.74) is 0.369. The number of anilines is 1. The largest absolute Gasteiger partial charge is 0.507 e. The van der Waals surface area contributed by atoms with Gasteiger partial charge in [-0.2, -0.15) is 0 Å². The van der Waals surface area contributed by atoms with Crippen molar-refractivity contribution in [2.45, 2.75) is 6.92 Å². The van der Waals surface area contributed by atoms with E-state index in [4.69, 9.17) is 11.6 Å². The van der Waals surface area contributed by atoms with Crippen LogP contribution in [-0.2, 0) is 9.53 Å². The van der Waals surface area contributed by atoms with E-state index in [-0.39, 0.29) is 0 Å². The summed E-state index contributed by atoms with van der Waals surface area (Å²) in [6, 6.07) is 5.79. The Morgan fingerprint density at radius 2 is 1.96 bits per heavy atom. The Kier molecular flexibility index (Phi) is 5.35. The molecule has 2 aromatic carbocycles. The zero-order valence-corrected chi connectivity index (χ0v) is 13.2. The van der Waals surface area contributed by atoms with Crippen LogP contribution in [0.1, 0.15) is 15.9 Å². The van der Waals surface area contributed by atoms with E-state index in [0.29, 0.717) is 22.8 Å². The van der Waals surface area contributed by atoms with Crippen LogP contribution in [0, 0.1) is 18.6 Å². The molecule has 126 valence electrons. The molecule has 0 aliphatic carbocycles. The molecule has 8 heteroatoms. The normalized spacial score (nSPS) is 10.3. The van der Waals surface area contributed by atoms with Gasteiger partial charge in [-0.15, -0.1) is 0 Å². The molecule has 0 unspecified atom stereocenters. The van der Waals surface area contributed by atoms with Crippen molar-refractivity contribution in [2.75, 3.05) is 11.9 Å². The monoisotopic (exact) mass is 355 g/mol. The van der Waals surface area contributed by atoms with Crippen LogP contribution in [0.5, 0.6) is 5.75 Å². The summed E-state index contributed by atoms with van der Waals surface area (Å²) in [5.74, 6) is -5.23. The molecule has 0 bridgehead atoms. The second-order valence-electron chi connectivity index (χ2n) is 4.87. The minimum Gasteiger partial charge on any atom is -0.507 e. The zero-order chi connectivity index (χ0) is 17.9. The lowest BCUT2D eigenvalue weighted by molar-refractivity contribution is -0.119. The molecule has 0 spiro atoms. The van der Waals surface area contributed by atoms with Crippen LogP contribution in [0.3, 0.4) is 0 Å². The van der Waals surface area contributed by atoms with Crippen LogP contribution in [-0.4, -0.2) is 23.6 Å². The summed E-state index contributed by atoms with van der Waals surface area (Å²) in [4.78, 5) is 23.4. The summed E-state index contributed by atoms with van der Waals surface area (Å²) in [5, 5.41) is 12.3. The van der Waals surface area contributed by atoms with Crippen LogP contribution in [0.25, 0.3) is 0 Å². The van der Waals surface area contributed by atoms with Gasteiger partial charge < -0.3 is 15.2 Å². The molecule has 0 aliphatic rings. The Morgan fingerprint density at radius 1 is 1.25 bits per heavy atom. The highest BCUT2D eigenvalue weighted by Crippen LogP contribution is 2.23. The summed E-state index contributed by atoms with van der Waals surface area (Å²) >= 11 is 5.92. The molecular formula is C16H12ClF2NO4. The van der Waals surface area contributed by atoms with Gasteiger partial charge in [0, 0.05) is 22.8 Å². The number of hydrogen-bond donors (Lipinski definition) is 2. The van der Waals surface area contributed by atoms with Gasteiger partial charge in [-0.05, 0) is 24.6 Å². The number of phenols is 1. The predicted octanol–water partition coefficient (Wildman–Crippen LogP) is 3.43. The Labute approximate surface area is 140 Å². The van der Waals surface area contributed by atoms with E-state index in [1.54, 1.807) is 19.1 Å². The number of carbonyl (C=O) groups excluding carboxylic acids is 2. The summed E-state index contributed by atoms with van der Waals surface area (Å²) < 4.78 is 31.0. The molecule has 0 saturated carbocycles. The molecule has 0 heterocycles. The first-order chi connectivity index (χ1) is 11.3. The lowest BCUT2D eigenvalue weighted by atomic mass is 10.2. The van der Waals surface area contributed by atoms with Crippen molar-refractivity contribution in [3.05, 3.63) is 58.1 Å². The SMILES string of the molecule is Cc1ccc(NC(=O)COC(=O)c2c(O)cc(F)cc2F)cc1Cl. The number of nitrogens with one attached hydrogen (secondary N) is 1. The first kappa shape index (κ1) is 17.7. The lowest BCUT2D eigenvalue weighted by Gasteiger charge is -2.09. The highest BCUT2D eigenvalue weighted by molar-refractivity contribution is 6.31. The average molecular weight is 356 g/mol. The van der Waals surface area contributed by atoms with Gasteiger partial charge >= 0.3 is 5.97 Å². The third kappa shape index (κ3) is 4.20. The van der Waals surface area contributed by atoms with Crippen molar-refractivity contribution >= 4 is 29.2 Å². The first-order valence-corrected chi connectivity index (χ1v) is 7.07. The van der Waals surface area contributed by atoms with Crippen LogP contribution in [0.2, 0.25) is 5.02 Å². The van der Waals surface area contributed by atoms with Crippen LogP contribution in [0.4, 0.5) is 14.5 Å². The maximum Gasteiger partial charge on any atom is 0.345 e. The average Bonchev–Trinajstić information content (AvgIpc) is 2.48. The molecule has 0 aromatic heterocycles. The maximum absolute atomic E-state index is 13.5. The number of carbonyl (C=O) groups is 2. The van der Waals surface area contributed by atoms with Crippen LogP contribution >= 0.6 is 11.6 Å². The third-order valence-corrected chi connectivity index (χ3v) is 3.44. The second kappa shape index (κ2) is 7.27. The predicted molar refractivity (Wildman–Crippen MR) is 83.1 cm³/mol. The molecule has 5 nitrogen and oxygen atoms in total. The maximum atomic E-state index is 13.5. The van der Waals surface area contributed by atoms with Gasteiger partial charge in [-0.1, -0.05) is 17.7 Å². The Hall–Kier alpha value is -2.67. The smallest absolute Gasteiger partial charge is 0.345 e. The minimum absolute atomic E-state index is 0.391. The number of halogens is 3. The molecule has 24 heavy (non-hydrogen) atoms. The first-order valence-electron chi connectivity index (χ1n) is 6.69. The van der Waals surface area contributed by atoms with Gasteiger partial charge in [-0.25, -0.2) is 13.6 Å². The van der Waals surface area contributed by atoms with E-state index in [2.05, 4.69) is 10.1 Å². The number of benzene rings is 2. The molecule has 1 amide bonds. The van der Waals surface area contributed by atoms with Crippen LogP contribution in [0.15, 0.2) is 30.3 Å². The molecule has 0 fully saturated rings. The van der Waals surface area contributed by atoms with Crippen molar-refractivity contribution in [2.24, 2.45) is 0 Å². The number of ether oxygens (including phenoxy) is 1. The highest BCUT2D eigenvalue weighted by Gasteiger charge is 2.21. The number of hydrogen-bond acceptors (Lipinski definition) is 4. The van der Waals surface area contributed by atoms with Gasteiger partial charge in [0.25, 0.3) is 5.91 Å². The molecule has 2 aromatic rings. The Balaban J connectivity index is 1.99. The zero-order valence-electron chi connectivity index (χ0n) is 12.4.